The normalized spacial score (nSPS) is 11.9. The quantitative estimate of drug-likeness (QED) is 0.812. The first-order chi connectivity index (χ1) is 12.1. The number of hydrogen-bond acceptors (Lipinski definition) is 3. The van der Waals surface area contributed by atoms with Crippen molar-refractivity contribution < 1.29 is 22.7 Å². The van der Waals surface area contributed by atoms with E-state index < -0.39 is 17.3 Å². The number of hydrogen-bond donors (Lipinski definition) is 2. The summed E-state index contributed by atoms with van der Waals surface area (Å²) in [6, 6.07) is 11.9. The SMILES string of the molecule is CC(C)(N)C(=O)Nc1ccc(OCCc2cccc(C(F)(F)F)c2)cc1. The number of ether oxygens (including phenoxy) is 1. The molecular formula is C19H21F3N2O2. The van der Waals surface area contributed by atoms with Crippen molar-refractivity contribution in [1.82, 2.24) is 0 Å². The molecule has 2 aromatic rings. The minimum atomic E-state index is -4.35. The van der Waals surface area contributed by atoms with Crippen LogP contribution in [0.4, 0.5) is 18.9 Å². The molecule has 7 heteroatoms. The number of carbonyl (C=O) groups is 1. The number of alkyl halides is 3. The van der Waals surface area contributed by atoms with Gasteiger partial charge in [0, 0.05) is 12.1 Å². The molecule has 1 amide bonds. The molecule has 0 aliphatic rings. The molecule has 0 fully saturated rings. The number of nitrogens with two attached hydrogens (primary N) is 1. The molecule has 0 bridgehead atoms. The number of halogens is 3. The monoisotopic (exact) mass is 366 g/mol. The summed E-state index contributed by atoms with van der Waals surface area (Å²) in [5.74, 6) is 0.248. The highest BCUT2D eigenvalue weighted by molar-refractivity contribution is 5.97. The van der Waals surface area contributed by atoms with E-state index in [2.05, 4.69) is 5.32 Å². The second-order valence-electron chi connectivity index (χ2n) is 6.50. The highest BCUT2D eigenvalue weighted by atomic mass is 19.4. The van der Waals surface area contributed by atoms with E-state index in [1.54, 1.807) is 44.2 Å². The molecule has 0 aliphatic carbocycles. The Morgan fingerprint density at radius 1 is 1.12 bits per heavy atom. The zero-order valence-electron chi connectivity index (χ0n) is 14.6. The molecule has 140 valence electrons. The molecule has 0 saturated carbocycles. The van der Waals surface area contributed by atoms with Gasteiger partial charge in [-0.05, 0) is 49.7 Å². The highest BCUT2D eigenvalue weighted by Gasteiger charge is 2.30. The third kappa shape index (κ3) is 5.77. The Kier molecular flexibility index (Phi) is 5.92. The number of anilines is 1. The maximum atomic E-state index is 12.7. The topological polar surface area (TPSA) is 64.4 Å². The van der Waals surface area contributed by atoms with Crippen LogP contribution in [0, 0.1) is 0 Å². The van der Waals surface area contributed by atoms with Crippen molar-refractivity contribution in [2.45, 2.75) is 32.0 Å². The van der Waals surface area contributed by atoms with Crippen LogP contribution in [0.5, 0.6) is 5.75 Å². The van der Waals surface area contributed by atoms with Gasteiger partial charge in [0.25, 0.3) is 0 Å². The van der Waals surface area contributed by atoms with E-state index in [0.29, 0.717) is 23.4 Å². The van der Waals surface area contributed by atoms with Crippen LogP contribution in [0.25, 0.3) is 0 Å². The average molecular weight is 366 g/mol. The summed E-state index contributed by atoms with van der Waals surface area (Å²) < 4.78 is 43.6. The standard InChI is InChI=1S/C19H21F3N2O2/c1-18(2,23)17(25)24-15-6-8-16(9-7-15)26-11-10-13-4-3-5-14(12-13)19(20,21)22/h3-9,12H,10-11,23H2,1-2H3,(H,24,25). The first-order valence-electron chi connectivity index (χ1n) is 8.05. The van der Waals surface area contributed by atoms with Gasteiger partial charge in [-0.2, -0.15) is 13.2 Å². The molecule has 4 nitrogen and oxygen atoms in total. The summed E-state index contributed by atoms with van der Waals surface area (Å²) in [6.07, 6.45) is -4.00. The first kappa shape index (κ1) is 19.8. The van der Waals surface area contributed by atoms with Crippen LogP contribution < -0.4 is 15.8 Å². The van der Waals surface area contributed by atoms with Gasteiger partial charge in [-0.3, -0.25) is 4.79 Å². The van der Waals surface area contributed by atoms with Gasteiger partial charge < -0.3 is 15.8 Å². The molecule has 0 radical (unpaired) electrons. The van der Waals surface area contributed by atoms with Crippen LogP contribution in [0.3, 0.4) is 0 Å². The fourth-order valence-electron chi connectivity index (χ4n) is 2.12. The Labute approximate surface area is 150 Å². The van der Waals surface area contributed by atoms with Crippen molar-refractivity contribution in [3.8, 4) is 5.75 Å². The van der Waals surface area contributed by atoms with Gasteiger partial charge in [0.1, 0.15) is 5.75 Å². The summed E-state index contributed by atoms with van der Waals surface area (Å²) in [5, 5.41) is 2.69. The Balaban J connectivity index is 1.88. The van der Waals surface area contributed by atoms with Gasteiger partial charge in [-0.25, -0.2) is 0 Å². The molecule has 0 aliphatic heterocycles. The van der Waals surface area contributed by atoms with E-state index in [9.17, 15) is 18.0 Å². The van der Waals surface area contributed by atoms with Gasteiger partial charge >= 0.3 is 6.18 Å². The number of nitrogens with one attached hydrogen (secondary N) is 1. The van der Waals surface area contributed by atoms with Gasteiger partial charge in [-0.1, -0.05) is 18.2 Å². The number of amides is 1. The summed E-state index contributed by atoms with van der Waals surface area (Å²) in [7, 11) is 0. The summed E-state index contributed by atoms with van der Waals surface area (Å²) in [6.45, 7) is 3.45. The van der Waals surface area contributed by atoms with Gasteiger partial charge in [-0.15, -0.1) is 0 Å². The molecule has 0 heterocycles. The first-order valence-corrected chi connectivity index (χ1v) is 8.05. The van der Waals surface area contributed by atoms with Gasteiger partial charge in [0.15, 0.2) is 0 Å². The van der Waals surface area contributed by atoms with Crippen molar-refractivity contribution in [3.05, 3.63) is 59.7 Å². The Morgan fingerprint density at radius 3 is 2.35 bits per heavy atom. The second kappa shape index (κ2) is 7.78. The smallest absolute Gasteiger partial charge is 0.416 e. The van der Waals surface area contributed by atoms with Gasteiger partial charge in [0.2, 0.25) is 5.91 Å². The Bertz CT molecular complexity index is 751. The zero-order chi connectivity index (χ0) is 19.4. The lowest BCUT2D eigenvalue weighted by Crippen LogP contribution is -2.45. The minimum Gasteiger partial charge on any atom is -0.493 e. The molecular weight excluding hydrogens is 345 g/mol. The summed E-state index contributed by atoms with van der Waals surface area (Å²) >= 11 is 0. The van der Waals surface area contributed by atoms with E-state index in [1.165, 1.54) is 6.07 Å². The van der Waals surface area contributed by atoms with Crippen molar-refractivity contribution >= 4 is 11.6 Å². The number of carbonyl (C=O) groups excluding carboxylic acids is 1. The van der Waals surface area contributed by atoms with Crippen LogP contribution in [-0.4, -0.2) is 18.1 Å². The van der Waals surface area contributed by atoms with E-state index in [1.807, 2.05) is 0 Å². The highest BCUT2D eigenvalue weighted by Crippen LogP contribution is 2.29. The molecule has 0 saturated heterocycles. The lowest BCUT2D eigenvalue weighted by atomic mass is 10.1. The lowest BCUT2D eigenvalue weighted by Gasteiger charge is -2.17. The summed E-state index contributed by atoms with van der Waals surface area (Å²) in [5.41, 5.74) is 5.19. The molecule has 2 rings (SSSR count). The fraction of sp³-hybridized carbons (Fsp3) is 0.316. The van der Waals surface area contributed by atoms with E-state index >= 15 is 0 Å². The molecule has 2 aromatic carbocycles. The minimum absolute atomic E-state index is 0.239. The fourth-order valence-corrected chi connectivity index (χ4v) is 2.12. The third-order valence-electron chi connectivity index (χ3n) is 3.61. The average Bonchev–Trinajstić information content (AvgIpc) is 2.55. The molecule has 0 unspecified atom stereocenters. The van der Waals surface area contributed by atoms with Crippen LogP contribution in [0.15, 0.2) is 48.5 Å². The van der Waals surface area contributed by atoms with E-state index in [-0.39, 0.29) is 12.5 Å². The second-order valence-corrected chi connectivity index (χ2v) is 6.50. The largest absolute Gasteiger partial charge is 0.493 e. The molecule has 0 atom stereocenters. The lowest BCUT2D eigenvalue weighted by molar-refractivity contribution is -0.137. The van der Waals surface area contributed by atoms with Crippen LogP contribution in [0.2, 0.25) is 0 Å². The zero-order valence-corrected chi connectivity index (χ0v) is 14.6. The van der Waals surface area contributed by atoms with Crippen molar-refractivity contribution in [1.29, 1.82) is 0 Å². The van der Waals surface area contributed by atoms with Crippen LogP contribution in [-0.2, 0) is 17.4 Å². The van der Waals surface area contributed by atoms with Crippen molar-refractivity contribution in [3.63, 3.8) is 0 Å². The Morgan fingerprint density at radius 2 is 1.77 bits per heavy atom. The molecule has 26 heavy (non-hydrogen) atoms. The van der Waals surface area contributed by atoms with Crippen LogP contribution in [0.1, 0.15) is 25.0 Å². The maximum Gasteiger partial charge on any atom is 0.416 e. The van der Waals surface area contributed by atoms with Crippen LogP contribution >= 0.6 is 0 Å². The molecule has 3 N–H and O–H groups in total. The van der Waals surface area contributed by atoms with Crippen molar-refractivity contribution in [2.75, 3.05) is 11.9 Å². The summed E-state index contributed by atoms with van der Waals surface area (Å²) in [4.78, 5) is 11.8. The third-order valence-corrected chi connectivity index (χ3v) is 3.61. The molecule has 0 aromatic heterocycles. The predicted octanol–water partition coefficient (Wildman–Crippen LogP) is 4.00. The Hall–Kier alpha value is -2.54. The van der Waals surface area contributed by atoms with Crippen molar-refractivity contribution in [2.24, 2.45) is 5.73 Å². The predicted molar refractivity (Wildman–Crippen MR) is 94.0 cm³/mol. The number of benzene rings is 2. The van der Waals surface area contributed by atoms with E-state index in [4.69, 9.17) is 10.5 Å². The number of rotatable bonds is 6. The van der Waals surface area contributed by atoms with E-state index in [0.717, 1.165) is 12.1 Å². The maximum absolute atomic E-state index is 12.7. The molecule has 0 spiro atoms. The van der Waals surface area contributed by atoms with Gasteiger partial charge in [0.05, 0.1) is 17.7 Å².